The number of aliphatic imine (C=N–C) groups is 1. The van der Waals surface area contributed by atoms with Crippen LogP contribution in [0, 0.1) is 11.3 Å². The maximum atomic E-state index is 8.89. The molecule has 0 aromatic rings. The van der Waals surface area contributed by atoms with Gasteiger partial charge in [-0.05, 0) is 18.9 Å². The molecule has 0 atom stereocenters. The van der Waals surface area contributed by atoms with Crippen LogP contribution in [0.5, 0.6) is 0 Å². The third-order valence-corrected chi connectivity index (χ3v) is 2.53. The van der Waals surface area contributed by atoms with Crippen molar-refractivity contribution < 1.29 is 0 Å². The molecule has 0 saturated carbocycles. The van der Waals surface area contributed by atoms with Crippen LogP contribution in [0.1, 0.15) is 19.8 Å². The van der Waals surface area contributed by atoms with E-state index >= 15 is 0 Å². The van der Waals surface area contributed by atoms with Gasteiger partial charge in [-0.1, -0.05) is 18.7 Å². The van der Waals surface area contributed by atoms with Crippen LogP contribution in [0.25, 0.3) is 0 Å². The van der Waals surface area contributed by atoms with Crippen LogP contribution in [-0.2, 0) is 0 Å². The maximum absolute atomic E-state index is 8.89. The lowest BCUT2D eigenvalue weighted by atomic mass is 10.0. The van der Waals surface area contributed by atoms with Crippen LogP contribution in [0.15, 0.2) is 40.7 Å². The van der Waals surface area contributed by atoms with Crippen LogP contribution in [0.4, 0.5) is 0 Å². The van der Waals surface area contributed by atoms with Gasteiger partial charge in [0.1, 0.15) is 11.8 Å². The smallest absolute Gasteiger partial charge is 0.118 e. The maximum Gasteiger partial charge on any atom is 0.118 e. The Kier molecular flexibility index (Phi) is 4.07. The molecule has 84 valence electrons. The molecular weight excluding hydrogens is 198 g/mol. The molecule has 3 heteroatoms. The van der Waals surface area contributed by atoms with E-state index in [2.05, 4.69) is 22.5 Å². The van der Waals surface area contributed by atoms with E-state index in [0.717, 1.165) is 24.1 Å². The van der Waals surface area contributed by atoms with Gasteiger partial charge < -0.3 is 4.90 Å². The second-order valence-electron chi connectivity index (χ2n) is 3.95. The van der Waals surface area contributed by atoms with Crippen LogP contribution < -0.4 is 0 Å². The zero-order valence-electron chi connectivity index (χ0n) is 10.1. The van der Waals surface area contributed by atoms with E-state index in [9.17, 15) is 0 Å². The normalized spacial score (nSPS) is 16.6. The minimum absolute atomic E-state index is 0.609. The zero-order valence-corrected chi connectivity index (χ0v) is 10.1. The van der Waals surface area contributed by atoms with Gasteiger partial charge in [-0.2, -0.15) is 5.26 Å². The number of nitrogens with zero attached hydrogens (tertiary/aromatic N) is 3. The summed E-state index contributed by atoms with van der Waals surface area (Å²) in [6.07, 6.45) is 5.26. The van der Waals surface area contributed by atoms with E-state index in [4.69, 9.17) is 5.26 Å². The lowest BCUT2D eigenvalue weighted by Gasteiger charge is -2.23. The predicted octanol–water partition coefficient (Wildman–Crippen LogP) is 2.65. The average molecular weight is 215 g/mol. The number of hydrogen-bond acceptors (Lipinski definition) is 3. The summed E-state index contributed by atoms with van der Waals surface area (Å²) in [6, 6.07) is 2.13. The molecule has 0 aromatic heterocycles. The lowest BCUT2D eigenvalue weighted by molar-refractivity contribution is 0.480. The summed E-state index contributed by atoms with van der Waals surface area (Å²) in [7, 11) is 4.01. The van der Waals surface area contributed by atoms with Crippen molar-refractivity contribution in [2.45, 2.75) is 19.8 Å². The predicted molar refractivity (Wildman–Crippen MR) is 66.9 cm³/mol. The summed E-state index contributed by atoms with van der Waals surface area (Å²) in [5, 5.41) is 8.89. The van der Waals surface area contributed by atoms with Gasteiger partial charge in [0.15, 0.2) is 0 Å². The largest absolute Gasteiger partial charge is 0.379 e. The highest BCUT2D eigenvalue weighted by Crippen LogP contribution is 2.26. The summed E-state index contributed by atoms with van der Waals surface area (Å²) in [5.74, 6) is 0. The van der Waals surface area contributed by atoms with Gasteiger partial charge in [0.05, 0.1) is 5.70 Å². The average Bonchev–Trinajstić information content (AvgIpc) is 2.28. The van der Waals surface area contributed by atoms with Crippen molar-refractivity contribution in [2.75, 3.05) is 14.1 Å². The quantitative estimate of drug-likeness (QED) is 0.679. The molecule has 0 fully saturated rings. The van der Waals surface area contributed by atoms with Crippen LogP contribution in [-0.4, -0.2) is 24.7 Å². The fraction of sp³-hybridized carbons (Fsp3) is 0.385. The fourth-order valence-electron chi connectivity index (χ4n) is 1.70. The Morgan fingerprint density at radius 1 is 1.50 bits per heavy atom. The molecule has 3 nitrogen and oxygen atoms in total. The molecule has 1 aliphatic heterocycles. The Morgan fingerprint density at radius 2 is 2.19 bits per heavy atom. The Balaban J connectivity index is 3.23. The van der Waals surface area contributed by atoms with E-state index in [0.29, 0.717) is 5.71 Å². The van der Waals surface area contributed by atoms with Crippen LogP contribution in [0.2, 0.25) is 0 Å². The van der Waals surface area contributed by atoms with Crippen LogP contribution >= 0.6 is 0 Å². The molecule has 0 aliphatic carbocycles. The second-order valence-corrected chi connectivity index (χ2v) is 3.95. The molecule has 0 unspecified atom stereocenters. The molecule has 1 rings (SSSR count). The molecule has 0 N–H and O–H groups in total. The third kappa shape index (κ3) is 2.60. The molecule has 0 amide bonds. The van der Waals surface area contributed by atoms with E-state index in [1.165, 1.54) is 5.70 Å². The molecule has 0 saturated heterocycles. The summed E-state index contributed by atoms with van der Waals surface area (Å²) in [4.78, 5) is 6.46. The molecule has 0 radical (unpaired) electrons. The Morgan fingerprint density at radius 3 is 2.69 bits per heavy atom. The number of nitriles is 1. The first-order chi connectivity index (χ1) is 7.60. The number of allylic oxidation sites excluding steroid dienone is 4. The van der Waals surface area contributed by atoms with E-state index in [-0.39, 0.29) is 0 Å². The summed E-state index contributed by atoms with van der Waals surface area (Å²) < 4.78 is 0. The van der Waals surface area contributed by atoms with Crippen LogP contribution in [0.3, 0.4) is 0 Å². The standard InChI is InChI=1S/C13H17N3/c1-5-6-10(2)13-12(16(3)4)8-7-11(9-14)15-13/h5-6H,1,7-8H2,2-4H3/b10-6-. The molecular formula is C13H17N3. The molecule has 0 spiro atoms. The minimum atomic E-state index is 0.609. The van der Waals surface area contributed by atoms with Crippen molar-refractivity contribution in [1.29, 1.82) is 5.26 Å². The summed E-state index contributed by atoms with van der Waals surface area (Å²) >= 11 is 0. The van der Waals surface area contributed by atoms with Crippen molar-refractivity contribution in [3.63, 3.8) is 0 Å². The lowest BCUT2D eigenvalue weighted by Crippen LogP contribution is -2.18. The summed E-state index contributed by atoms with van der Waals surface area (Å²) in [5.41, 5.74) is 3.74. The van der Waals surface area contributed by atoms with Crippen molar-refractivity contribution >= 4 is 5.71 Å². The first-order valence-corrected chi connectivity index (χ1v) is 5.28. The third-order valence-electron chi connectivity index (χ3n) is 2.53. The SMILES string of the molecule is C=C/C=C(/C)C1=C(N(C)C)CCC(C#N)=N1. The molecule has 0 bridgehead atoms. The fourth-order valence-corrected chi connectivity index (χ4v) is 1.70. The van der Waals surface area contributed by atoms with Crippen molar-refractivity contribution in [1.82, 2.24) is 4.90 Å². The molecule has 0 aromatic carbocycles. The van der Waals surface area contributed by atoms with Gasteiger partial charge in [-0.25, -0.2) is 4.99 Å². The van der Waals surface area contributed by atoms with E-state index < -0.39 is 0 Å². The van der Waals surface area contributed by atoms with Crippen molar-refractivity contribution in [2.24, 2.45) is 4.99 Å². The highest BCUT2D eigenvalue weighted by Gasteiger charge is 2.17. The van der Waals surface area contributed by atoms with Gasteiger partial charge >= 0.3 is 0 Å². The zero-order chi connectivity index (χ0) is 12.1. The van der Waals surface area contributed by atoms with Crippen molar-refractivity contribution in [3.8, 4) is 6.07 Å². The van der Waals surface area contributed by atoms with E-state index in [1.54, 1.807) is 6.08 Å². The number of hydrogen-bond donors (Lipinski definition) is 0. The monoisotopic (exact) mass is 215 g/mol. The van der Waals surface area contributed by atoms with Gasteiger partial charge in [-0.15, -0.1) is 0 Å². The molecule has 1 heterocycles. The Labute approximate surface area is 97.1 Å². The molecule has 16 heavy (non-hydrogen) atoms. The summed E-state index contributed by atoms with van der Waals surface area (Å²) in [6.45, 7) is 5.67. The Bertz CT molecular complexity index is 417. The first-order valence-electron chi connectivity index (χ1n) is 5.28. The first kappa shape index (κ1) is 12.3. The van der Waals surface area contributed by atoms with Gasteiger partial charge in [0.2, 0.25) is 0 Å². The number of rotatable bonds is 3. The van der Waals surface area contributed by atoms with Gasteiger partial charge in [-0.3, -0.25) is 0 Å². The molecule has 1 aliphatic rings. The van der Waals surface area contributed by atoms with Crippen molar-refractivity contribution in [3.05, 3.63) is 35.7 Å². The van der Waals surface area contributed by atoms with E-state index in [1.807, 2.05) is 27.1 Å². The minimum Gasteiger partial charge on any atom is -0.379 e. The van der Waals surface area contributed by atoms with Gasteiger partial charge in [0, 0.05) is 26.2 Å². The second kappa shape index (κ2) is 5.32. The van der Waals surface area contributed by atoms with Gasteiger partial charge in [0.25, 0.3) is 0 Å². The topological polar surface area (TPSA) is 39.4 Å². The Hall–Kier alpha value is -1.82. The highest BCUT2D eigenvalue weighted by atomic mass is 15.1. The highest BCUT2D eigenvalue weighted by molar-refractivity contribution is 6.00.